The number of benzene rings is 1. The standard InChI is InChI=1S/C14H22N2O/c1-11(13-7-9-17-10-13)16-8-6-12-2-4-14(15)5-3-12/h2-5,11,13,16H,6-10,15H2,1H3. The molecule has 1 aromatic carbocycles. The van der Waals surface area contributed by atoms with Crippen molar-refractivity contribution in [3.8, 4) is 0 Å². The molecular weight excluding hydrogens is 212 g/mol. The van der Waals surface area contributed by atoms with Crippen LogP contribution in [0.15, 0.2) is 24.3 Å². The van der Waals surface area contributed by atoms with E-state index in [4.69, 9.17) is 10.5 Å². The Morgan fingerprint density at radius 3 is 2.82 bits per heavy atom. The van der Waals surface area contributed by atoms with Crippen LogP contribution in [0.4, 0.5) is 5.69 Å². The molecule has 1 aromatic rings. The molecule has 2 unspecified atom stereocenters. The van der Waals surface area contributed by atoms with Crippen molar-refractivity contribution in [2.75, 3.05) is 25.5 Å². The van der Waals surface area contributed by atoms with Crippen LogP contribution in [0.3, 0.4) is 0 Å². The molecule has 1 heterocycles. The summed E-state index contributed by atoms with van der Waals surface area (Å²) < 4.78 is 5.40. The Hall–Kier alpha value is -1.06. The van der Waals surface area contributed by atoms with Crippen LogP contribution in [-0.2, 0) is 11.2 Å². The first-order chi connectivity index (χ1) is 8.25. The Kier molecular flexibility index (Phi) is 4.40. The van der Waals surface area contributed by atoms with E-state index in [1.807, 2.05) is 12.1 Å². The summed E-state index contributed by atoms with van der Waals surface area (Å²) in [7, 11) is 0. The van der Waals surface area contributed by atoms with Gasteiger partial charge in [0, 0.05) is 18.3 Å². The van der Waals surface area contributed by atoms with Gasteiger partial charge in [-0.2, -0.15) is 0 Å². The molecule has 2 atom stereocenters. The van der Waals surface area contributed by atoms with Gasteiger partial charge in [0.2, 0.25) is 0 Å². The molecule has 0 radical (unpaired) electrons. The van der Waals surface area contributed by atoms with Crippen molar-refractivity contribution < 1.29 is 4.74 Å². The fraction of sp³-hybridized carbons (Fsp3) is 0.571. The zero-order valence-corrected chi connectivity index (χ0v) is 10.5. The van der Waals surface area contributed by atoms with Gasteiger partial charge >= 0.3 is 0 Å². The van der Waals surface area contributed by atoms with Crippen LogP contribution in [-0.4, -0.2) is 25.8 Å². The molecule has 0 aliphatic carbocycles. The van der Waals surface area contributed by atoms with Crippen LogP contribution in [0.2, 0.25) is 0 Å². The van der Waals surface area contributed by atoms with Crippen LogP contribution < -0.4 is 11.1 Å². The minimum absolute atomic E-state index is 0.547. The maximum atomic E-state index is 5.66. The molecular formula is C14H22N2O. The second kappa shape index (κ2) is 6.03. The summed E-state index contributed by atoms with van der Waals surface area (Å²) >= 11 is 0. The topological polar surface area (TPSA) is 47.3 Å². The molecule has 1 aliphatic heterocycles. The highest BCUT2D eigenvalue weighted by Gasteiger charge is 2.21. The van der Waals surface area contributed by atoms with E-state index >= 15 is 0 Å². The van der Waals surface area contributed by atoms with Gasteiger partial charge in [-0.3, -0.25) is 0 Å². The number of hydrogen-bond donors (Lipinski definition) is 2. The summed E-state index contributed by atoms with van der Waals surface area (Å²) in [6.45, 7) is 5.11. The third-order valence-corrected chi connectivity index (χ3v) is 3.53. The summed E-state index contributed by atoms with van der Waals surface area (Å²) in [5, 5.41) is 3.58. The van der Waals surface area contributed by atoms with E-state index in [2.05, 4.69) is 24.4 Å². The fourth-order valence-electron chi connectivity index (χ4n) is 2.24. The largest absolute Gasteiger partial charge is 0.399 e. The SMILES string of the molecule is CC(NCCc1ccc(N)cc1)C1CCOC1. The molecule has 94 valence electrons. The number of hydrogen-bond acceptors (Lipinski definition) is 3. The Morgan fingerprint density at radius 2 is 2.18 bits per heavy atom. The van der Waals surface area contributed by atoms with Gasteiger partial charge in [0.1, 0.15) is 0 Å². The predicted octanol–water partition coefficient (Wildman–Crippen LogP) is 1.83. The minimum Gasteiger partial charge on any atom is -0.399 e. The fourth-order valence-corrected chi connectivity index (χ4v) is 2.24. The molecule has 1 saturated heterocycles. The van der Waals surface area contributed by atoms with Gasteiger partial charge in [-0.25, -0.2) is 0 Å². The summed E-state index contributed by atoms with van der Waals surface area (Å²) in [5.74, 6) is 0.682. The van der Waals surface area contributed by atoms with Crippen molar-refractivity contribution in [1.29, 1.82) is 0 Å². The lowest BCUT2D eigenvalue weighted by molar-refractivity contribution is 0.178. The van der Waals surface area contributed by atoms with Crippen molar-refractivity contribution in [1.82, 2.24) is 5.32 Å². The maximum Gasteiger partial charge on any atom is 0.0509 e. The highest BCUT2D eigenvalue weighted by molar-refractivity contribution is 5.39. The second-order valence-electron chi connectivity index (χ2n) is 4.86. The highest BCUT2D eigenvalue weighted by Crippen LogP contribution is 2.16. The molecule has 1 fully saturated rings. The maximum absolute atomic E-state index is 5.66. The smallest absolute Gasteiger partial charge is 0.0509 e. The molecule has 3 nitrogen and oxygen atoms in total. The van der Waals surface area contributed by atoms with Crippen LogP contribution in [0.1, 0.15) is 18.9 Å². The first-order valence-electron chi connectivity index (χ1n) is 6.41. The van der Waals surface area contributed by atoms with Crippen LogP contribution >= 0.6 is 0 Å². The van der Waals surface area contributed by atoms with E-state index in [0.717, 1.165) is 31.9 Å². The Labute approximate surface area is 103 Å². The first kappa shape index (κ1) is 12.4. The Balaban J connectivity index is 1.70. The Bertz CT molecular complexity index is 331. The summed E-state index contributed by atoms with van der Waals surface area (Å²) in [6, 6.07) is 8.67. The monoisotopic (exact) mass is 234 g/mol. The van der Waals surface area contributed by atoms with Crippen LogP contribution in [0.5, 0.6) is 0 Å². The molecule has 0 saturated carbocycles. The first-order valence-corrected chi connectivity index (χ1v) is 6.41. The number of ether oxygens (including phenoxy) is 1. The number of nitrogens with two attached hydrogens (primary N) is 1. The lowest BCUT2D eigenvalue weighted by Gasteiger charge is -2.19. The normalized spacial score (nSPS) is 21.6. The number of anilines is 1. The van der Waals surface area contributed by atoms with Gasteiger partial charge in [-0.05, 0) is 49.9 Å². The average Bonchev–Trinajstić information content (AvgIpc) is 2.85. The van der Waals surface area contributed by atoms with E-state index in [0.29, 0.717) is 12.0 Å². The molecule has 3 heteroatoms. The van der Waals surface area contributed by atoms with E-state index in [1.165, 1.54) is 12.0 Å². The van der Waals surface area contributed by atoms with Crippen molar-refractivity contribution >= 4 is 5.69 Å². The zero-order chi connectivity index (χ0) is 12.1. The lowest BCUT2D eigenvalue weighted by atomic mass is 10.0. The van der Waals surface area contributed by atoms with Crippen LogP contribution in [0, 0.1) is 5.92 Å². The van der Waals surface area contributed by atoms with Gasteiger partial charge < -0.3 is 15.8 Å². The third kappa shape index (κ3) is 3.72. The van der Waals surface area contributed by atoms with Crippen molar-refractivity contribution in [2.45, 2.75) is 25.8 Å². The molecule has 0 amide bonds. The van der Waals surface area contributed by atoms with Gasteiger partial charge in [0.15, 0.2) is 0 Å². The van der Waals surface area contributed by atoms with Gasteiger partial charge in [-0.15, -0.1) is 0 Å². The molecule has 2 rings (SSSR count). The molecule has 0 bridgehead atoms. The third-order valence-electron chi connectivity index (χ3n) is 3.53. The van der Waals surface area contributed by atoms with E-state index in [-0.39, 0.29) is 0 Å². The average molecular weight is 234 g/mol. The quantitative estimate of drug-likeness (QED) is 0.764. The van der Waals surface area contributed by atoms with Crippen molar-refractivity contribution in [3.63, 3.8) is 0 Å². The van der Waals surface area contributed by atoms with E-state index in [9.17, 15) is 0 Å². The summed E-state index contributed by atoms with van der Waals surface area (Å²) in [4.78, 5) is 0. The molecule has 0 spiro atoms. The number of nitrogens with one attached hydrogen (secondary N) is 1. The molecule has 3 N–H and O–H groups in total. The van der Waals surface area contributed by atoms with E-state index < -0.39 is 0 Å². The molecule has 17 heavy (non-hydrogen) atoms. The van der Waals surface area contributed by atoms with Crippen molar-refractivity contribution in [3.05, 3.63) is 29.8 Å². The van der Waals surface area contributed by atoms with Crippen LogP contribution in [0.25, 0.3) is 0 Å². The second-order valence-corrected chi connectivity index (χ2v) is 4.86. The highest BCUT2D eigenvalue weighted by atomic mass is 16.5. The Morgan fingerprint density at radius 1 is 1.41 bits per heavy atom. The minimum atomic E-state index is 0.547. The summed E-state index contributed by atoms with van der Waals surface area (Å²) in [5.41, 5.74) is 7.82. The van der Waals surface area contributed by atoms with E-state index in [1.54, 1.807) is 0 Å². The van der Waals surface area contributed by atoms with Crippen molar-refractivity contribution in [2.24, 2.45) is 5.92 Å². The van der Waals surface area contributed by atoms with Gasteiger partial charge in [0.25, 0.3) is 0 Å². The summed E-state index contributed by atoms with van der Waals surface area (Å²) in [6.07, 6.45) is 2.24. The predicted molar refractivity (Wildman–Crippen MR) is 70.9 cm³/mol. The van der Waals surface area contributed by atoms with Gasteiger partial charge in [-0.1, -0.05) is 12.1 Å². The lowest BCUT2D eigenvalue weighted by Crippen LogP contribution is -2.35. The zero-order valence-electron chi connectivity index (χ0n) is 10.5. The van der Waals surface area contributed by atoms with Gasteiger partial charge in [0.05, 0.1) is 6.61 Å². The number of rotatable bonds is 5. The number of nitrogen functional groups attached to an aromatic ring is 1. The molecule has 1 aliphatic rings. The molecule has 0 aromatic heterocycles.